The summed E-state index contributed by atoms with van der Waals surface area (Å²) in [4.78, 5) is 15.7. The number of carbonyl (C=O) groups excluding carboxylic acids is 1. The first-order valence-corrected chi connectivity index (χ1v) is 6.16. The highest BCUT2D eigenvalue weighted by atomic mass is 32.1. The maximum Gasteiger partial charge on any atom is 0.268 e. The SMILES string of the molecule is Cc1ccc(C(=O)N2C=C3C(O)=CC=C3C2)s1. The number of aliphatic hydroxyl groups is 1. The van der Waals surface area contributed by atoms with Crippen LogP contribution in [0.3, 0.4) is 0 Å². The van der Waals surface area contributed by atoms with Crippen molar-refractivity contribution < 1.29 is 9.90 Å². The number of hydrogen-bond acceptors (Lipinski definition) is 3. The summed E-state index contributed by atoms with van der Waals surface area (Å²) in [6.45, 7) is 2.53. The minimum Gasteiger partial charge on any atom is -0.507 e. The quantitative estimate of drug-likeness (QED) is 0.826. The number of hydrogen-bond donors (Lipinski definition) is 1. The van der Waals surface area contributed by atoms with E-state index in [1.807, 2.05) is 25.1 Å². The van der Waals surface area contributed by atoms with Crippen molar-refractivity contribution >= 4 is 17.2 Å². The highest BCUT2D eigenvalue weighted by Crippen LogP contribution is 2.32. The third kappa shape index (κ3) is 1.61. The summed E-state index contributed by atoms with van der Waals surface area (Å²) >= 11 is 1.49. The Balaban J connectivity index is 1.87. The van der Waals surface area contributed by atoms with Gasteiger partial charge in [-0.3, -0.25) is 4.79 Å². The van der Waals surface area contributed by atoms with Crippen LogP contribution >= 0.6 is 11.3 Å². The highest BCUT2D eigenvalue weighted by Gasteiger charge is 2.28. The molecule has 0 saturated carbocycles. The van der Waals surface area contributed by atoms with E-state index in [1.165, 1.54) is 11.3 Å². The number of aryl methyl sites for hydroxylation is 1. The van der Waals surface area contributed by atoms with Gasteiger partial charge in [0.25, 0.3) is 5.91 Å². The Kier molecular flexibility index (Phi) is 2.19. The summed E-state index contributed by atoms with van der Waals surface area (Å²) in [5.41, 5.74) is 1.77. The van der Waals surface area contributed by atoms with Gasteiger partial charge >= 0.3 is 0 Å². The molecule has 3 rings (SSSR count). The molecule has 0 saturated heterocycles. The van der Waals surface area contributed by atoms with E-state index in [9.17, 15) is 9.90 Å². The van der Waals surface area contributed by atoms with Crippen LogP contribution in [0.15, 0.2) is 47.4 Å². The lowest BCUT2D eigenvalue weighted by molar-refractivity contribution is 0.0843. The summed E-state index contributed by atoms with van der Waals surface area (Å²) in [6.07, 6.45) is 5.24. The second kappa shape index (κ2) is 3.60. The molecule has 3 nitrogen and oxygen atoms in total. The summed E-state index contributed by atoms with van der Waals surface area (Å²) in [7, 11) is 0. The van der Waals surface area contributed by atoms with Gasteiger partial charge in [0.15, 0.2) is 0 Å². The fourth-order valence-corrected chi connectivity index (χ4v) is 2.84. The first kappa shape index (κ1) is 10.4. The van der Waals surface area contributed by atoms with Crippen LogP contribution in [0, 0.1) is 6.92 Å². The van der Waals surface area contributed by atoms with Gasteiger partial charge in [-0.25, -0.2) is 0 Å². The summed E-state index contributed by atoms with van der Waals surface area (Å²) in [5, 5.41) is 9.58. The van der Waals surface area contributed by atoms with E-state index in [2.05, 4.69) is 0 Å². The Labute approximate surface area is 103 Å². The molecule has 1 N–H and O–H groups in total. The molecule has 86 valence electrons. The van der Waals surface area contributed by atoms with Crippen LogP contribution in [-0.2, 0) is 0 Å². The Morgan fingerprint density at radius 3 is 2.88 bits per heavy atom. The molecule has 0 bridgehead atoms. The second-order valence-electron chi connectivity index (χ2n) is 4.13. The minimum atomic E-state index is -0.00120. The van der Waals surface area contributed by atoms with Crippen LogP contribution < -0.4 is 0 Å². The van der Waals surface area contributed by atoms with E-state index < -0.39 is 0 Å². The van der Waals surface area contributed by atoms with Crippen molar-refractivity contribution in [1.29, 1.82) is 0 Å². The average Bonchev–Trinajstić information content (AvgIpc) is 2.96. The van der Waals surface area contributed by atoms with Crippen LogP contribution in [0.1, 0.15) is 14.5 Å². The van der Waals surface area contributed by atoms with Crippen LogP contribution in [0.4, 0.5) is 0 Å². The first-order chi connectivity index (χ1) is 8.15. The Morgan fingerprint density at radius 1 is 1.41 bits per heavy atom. The van der Waals surface area contributed by atoms with Gasteiger partial charge in [-0.05, 0) is 30.7 Å². The van der Waals surface area contributed by atoms with Crippen molar-refractivity contribution in [2.24, 2.45) is 0 Å². The fourth-order valence-electron chi connectivity index (χ4n) is 2.02. The van der Waals surface area contributed by atoms with Gasteiger partial charge in [0.05, 0.1) is 11.4 Å². The number of nitrogens with zero attached hydrogens (tertiary/aromatic N) is 1. The van der Waals surface area contributed by atoms with E-state index in [1.54, 1.807) is 17.2 Å². The third-order valence-electron chi connectivity index (χ3n) is 2.90. The smallest absolute Gasteiger partial charge is 0.268 e. The summed E-state index contributed by atoms with van der Waals surface area (Å²) < 4.78 is 0. The number of rotatable bonds is 1. The molecule has 0 unspecified atom stereocenters. The molecule has 1 aliphatic carbocycles. The van der Waals surface area contributed by atoms with Crippen molar-refractivity contribution in [3.8, 4) is 0 Å². The molecule has 1 aromatic rings. The molecule has 1 aliphatic heterocycles. The van der Waals surface area contributed by atoms with E-state index in [4.69, 9.17) is 0 Å². The molecule has 0 radical (unpaired) electrons. The maximum absolute atomic E-state index is 12.2. The highest BCUT2D eigenvalue weighted by molar-refractivity contribution is 7.13. The molecule has 0 spiro atoms. The van der Waals surface area contributed by atoms with Gasteiger partial charge in [0, 0.05) is 16.7 Å². The monoisotopic (exact) mass is 245 g/mol. The number of fused-ring (bicyclic) bond motifs is 1. The number of allylic oxidation sites excluding steroid dienone is 3. The van der Waals surface area contributed by atoms with E-state index >= 15 is 0 Å². The molecule has 1 amide bonds. The average molecular weight is 245 g/mol. The summed E-state index contributed by atoms with van der Waals surface area (Å²) in [5.74, 6) is 0.247. The number of amides is 1. The van der Waals surface area contributed by atoms with E-state index in [-0.39, 0.29) is 11.7 Å². The molecule has 1 aromatic heterocycles. The van der Waals surface area contributed by atoms with Crippen LogP contribution in [0.25, 0.3) is 0 Å². The van der Waals surface area contributed by atoms with Crippen molar-refractivity contribution in [2.75, 3.05) is 6.54 Å². The van der Waals surface area contributed by atoms with Crippen molar-refractivity contribution in [2.45, 2.75) is 6.92 Å². The largest absolute Gasteiger partial charge is 0.507 e. The molecular weight excluding hydrogens is 234 g/mol. The zero-order valence-corrected chi connectivity index (χ0v) is 10.1. The lowest BCUT2D eigenvalue weighted by Gasteiger charge is -2.11. The van der Waals surface area contributed by atoms with Gasteiger partial charge in [-0.15, -0.1) is 11.3 Å². The number of thiophene rings is 1. The Morgan fingerprint density at radius 2 is 2.24 bits per heavy atom. The molecular formula is C13H11NO2S. The van der Waals surface area contributed by atoms with Crippen molar-refractivity contribution in [3.05, 3.63) is 57.1 Å². The number of aliphatic hydroxyl groups excluding tert-OH is 1. The Hall–Kier alpha value is -1.81. The fraction of sp³-hybridized carbons (Fsp3) is 0.154. The van der Waals surface area contributed by atoms with Gasteiger partial charge < -0.3 is 10.0 Å². The maximum atomic E-state index is 12.2. The van der Waals surface area contributed by atoms with Crippen molar-refractivity contribution in [3.63, 3.8) is 0 Å². The predicted molar refractivity (Wildman–Crippen MR) is 67.0 cm³/mol. The Bertz CT molecular complexity index is 592. The van der Waals surface area contributed by atoms with Crippen molar-refractivity contribution in [1.82, 2.24) is 4.90 Å². The third-order valence-corrected chi connectivity index (χ3v) is 3.89. The molecule has 0 fully saturated rings. The zero-order valence-electron chi connectivity index (χ0n) is 9.30. The van der Waals surface area contributed by atoms with Gasteiger partial charge in [0.2, 0.25) is 0 Å². The van der Waals surface area contributed by atoms with Gasteiger partial charge in [-0.1, -0.05) is 6.08 Å². The van der Waals surface area contributed by atoms with Crippen LogP contribution in [0.2, 0.25) is 0 Å². The normalized spacial score (nSPS) is 17.7. The summed E-state index contributed by atoms with van der Waals surface area (Å²) in [6, 6.07) is 3.79. The lowest BCUT2D eigenvalue weighted by atomic mass is 10.2. The van der Waals surface area contributed by atoms with Gasteiger partial charge in [-0.2, -0.15) is 0 Å². The second-order valence-corrected chi connectivity index (χ2v) is 5.42. The predicted octanol–water partition coefficient (Wildman–Crippen LogP) is 2.78. The topological polar surface area (TPSA) is 40.5 Å². The van der Waals surface area contributed by atoms with Gasteiger partial charge in [0.1, 0.15) is 5.76 Å². The molecule has 4 heteroatoms. The van der Waals surface area contributed by atoms with E-state index in [0.717, 1.165) is 20.9 Å². The molecule has 2 aliphatic rings. The minimum absolute atomic E-state index is 0.00120. The first-order valence-electron chi connectivity index (χ1n) is 5.35. The van der Waals surface area contributed by atoms with Crippen LogP contribution in [0.5, 0.6) is 0 Å². The zero-order chi connectivity index (χ0) is 12.0. The lowest BCUT2D eigenvalue weighted by Crippen LogP contribution is -2.23. The van der Waals surface area contributed by atoms with E-state index in [0.29, 0.717) is 6.54 Å². The molecule has 2 heterocycles. The molecule has 17 heavy (non-hydrogen) atoms. The molecule has 0 atom stereocenters. The molecule has 0 aromatic carbocycles. The van der Waals surface area contributed by atoms with Crippen LogP contribution in [-0.4, -0.2) is 22.5 Å². The standard InChI is InChI=1S/C13H11NO2S/c1-8-2-5-12(17-8)13(16)14-6-9-3-4-11(15)10(9)7-14/h2-5,7,15H,6H2,1H3. The number of carbonyl (C=O) groups is 1.